The van der Waals surface area contributed by atoms with Gasteiger partial charge in [0.2, 0.25) is 0 Å². The highest BCUT2D eigenvalue weighted by Gasteiger charge is 2.21. The van der Waals surface area contributed by atoms with Crippen LogP contribution < -0.4 is 0 Å². The van der Waals surface area contributed by atoms with Gasteiger partial charge in [-0.05, 0) is 18.2 Å². The molecule has 4 heteroatoms. The van der Waals surface area contributed by atoms with Crippen molar-refractivity contribution in [1.29, 1.82) is 5.26 Å². The molecule has 2 rings (SSSR count). The van der Waals surface area contributed by atoms with Gasteiger partial charge in [-0.2, -0.15) is 5.26 Å². The van der Waals surface area contributed by atoms with Crippen LogP contribution in [0.5, 0.6) is 0 Å². The Morgan fingerprint density at radius 3 is 2.71 bits per heavy atom. The summed E-state index contributed by atoms with van der Waals surface area (Å²) in [5, 5.41) is 9.29. The van der Waals surface area contributed by atoms with Crippen LogP contribution in [0, 0.1) is 11.3 Å². The Kier molecular flexibility index (Phi) is 2.69. The zero-order valence-corrected chi connectivity index (χ0v) is 8.12. The van der Waals surface area contributed by atoms with E-state index in [1.165, 1.54) is 0 Å². The topological polar surface area (TPSA) is 42.2 Å². The van der Waals surface area contributed by atoms with E-state index >= 15 is 0 Å². The van der Waals surface area contributed by atoms with Gasteiger partial charge in [0.25, 0.3) is 0 Å². The highest BCUT2D eigenvalue weighted by atomic mass is 35.5. The van der Waals surface area contributed by atoms with Crippen molar-refractivity contribution in [3.8, 4) is 6.07 Å². The molecule has 1 aliphatic rings. The molecule has 14 heavy (non-hydrogen) atoms. The standard InChI is InChI=1S/C10H8ClNO2/c11-9-2-1-7(6-12)5-8(9)10-13-3-4-14-10/h1-2,5,10H,3-4H2. The molecule has 0 bridgehead atoms. The van der Waals surface area contributed by atoms with Gasteiger partial charge < -0.3 is 9.47 Å². The highest BCUT2D eigenvalue weighted by Crippen LogP contribution is 2.29. The Labute approximate surface area is 86.8 Å². The number of nitriles is 1. The predicted molar refractivity (Wildman–Crippen MR) is 50.8 cm³/mol. The molecule has 3 nitrogen and oxygen atoms in total. The molecule has 0 aliphatic carbocycles. The Balaban J connectivity index is 2.35. The lowest BCUT2D eigenvalue weighted by Crippen LogP contribution is -1.99. The second-order valence-electron chi connectivity index (χ2n) is 2.92. The van der Waals surface area contributed by atoms with Gasteiger partial charge in [0, 0.05) is 10.6 Å². The van der Waals surface area contributed by atoms with E-state index < -0.39 is 6.29 Å². The maximum atomic E-state index is 8.72. The van der Waals surface area contributed by atoms with Crippen LogP contribution in [0.25, 0.3) is 0 Å². The number of halogens is 1. The summed E-state index contributed by atoms with van der Waals surface area (Å²) in [4.78, 5) is 0. The molecule has 1 heterocycles. The zero-order chi connectivity index (χ0) is 9.97. The quantitative estimate of drug-likeness (QED) is 0.713. The van der Waals surface area contributed by atoms with Crippen molar-refractivity contribution < 1.29 is 9.47 Å². The van der Waals surface area contributed by atoms with Crippen LogP contribution in [0.15, 0.2) is 18.2 Å². The van der Waals surface area contributed by atoms with Crippen LogP contribution in [0.3, 0.4) is 0 Å². The second kappa shape index (κ2) is 3.97. The average Bonchev–Trinajstić information content (AvgIpc) is 2.71. The number of nitrogens with zero attached hydrogens (tertiary/aromatic N) is 1. The van der Waals surface area contributed by atoms with E-state index in [-0.39, 0.29) is 0 Å². The lowest BCUT2D eigenvalue weighted by atomic mass is 10.1. The minimum atomic E-state index is -0.421. The summed E-state index contributed by atoms with van der Waals surface area (Å²) >= 11 is 5.96. The minimum absolute atomic E-state index is 0.421. The molecule has 1 aromatic carbocycles. The van der Waals surface area contributed by atoms with Crippen LogP contribution in [-0.4, -0.2) is 13.2 Å². The Morgan fingerprint density at radius 1 is 1.36 bits per heavy atom. The Morgan fingerprint density at radius 2 is 2.07 bits per heavy atom. The molecule has 0 radical (unpaired) electrons. The normalized spacial score (nSPS) is 16.9. The zero-order valence-electron chi connectivity index (χ0n) is 7.37. The van der Waals surface area contributed by atoms with E-state index in [0.29, 0.717) is 23.8 Å². The smallest absolute Gasteiger partial charge is 0.185 e. The fourth-order valence-electron chi connectivity index (χ4n) is 1.33. The van der Waals surface area contributed by atoms with E-state index in [1.54, 1.807) is 18.2 Å². The van der Waals surface area contributed by atoms with E-state index in [1.807, 2.05) is 6.07 Å². The van der Waals surface area contributed by atoms with Gasteiger partial charge in [-0.1, -0.05) is 11.6 Å². The van der Waals surface area contributed by atoms with Gasteiger partial charge in [-0.25, -0.2) is 0 Å². The first-order valence-electron chi connectivity index (χ1n) is 4.24. The fourth-order valence-corrected chi connectivity index (χ4v) is 1.54. The molecule has 0 saturated carbocycles. The summed E-state index contributed by atoms with van der Waals surface area (Å²) in [5.74, 6) is 0. The molecule has 0 aromatic heterocycles. The van der Waals surface area contributed by atoms with E-state index in [4.69, 9.17) is 26.3 Å². The third-order valence-electron chi connectivity index (χ3n) is 2.00. The molecule has 72 valence electrons. The maximum absolute atomic E-state index is 8.72. The van der Waals surface area contributed by atoms with Crippen LogP contribution >= 0.6 is 11.6 Å². The van der Waals surface area contributed by atoms with Gasteiger partial charge >= 0.3 is 0 Å². The van der Waals surface area contributed by atoms with Gasteiger partial charge in [0.05, 0.1) is 24.8 Å². The van der Waals surface area contributed by atoms with Crippen molar-refractivity contribution in [2.24, 2.45) is 0 Å². The monoisotopic (exact) mass is 209 g/mol. The molecule has 0 amide bonds. The van der Waals surface area contributed by atoms with Gasteiger partial charge in [-0.15, -0.1) is 0 Å². The third-order valence-corrected chi connectivity index (χ3v) is 2.35. The first-order chi connectivity index (χ1) is 6.81. The molecular weight excluding hydrogens is 202 g/mol. The third kappa shape index (κ3) is 1.73. The SMILES string of the molecule is N#Cc1ccc(Cl)c(C2OCCO2)c1. The Bertz CT molecular complexity index is 380. The number of ether oxygens (including phenoxy) is 2. The molecular formula is C10H8ClNO2. The number of benzene rings is 1. The lowest BCUT2D eigenvalue weighted by Gasteiger charge is -2.10. The first-order valence-corrected chi connectivity index (χ1v) is 4.62. The number of hydrogen-bond donors (Lipinski definition) is 0. The summed E-state index contributed by atoms with van der Waals surface area (Å²) in [6.45, 7) is 1.13. The Hall–Kier alpha value is -1.08. The van der Waals surface area contributed by atoms with Crippen molar-refractivity contribution >= 4 is 11.6 Å². The van der Waals surface area contributed by atoms with Crippen LogP contribution in [-0.2, 0) is 9.47 Å². The molecule has 0 atom stereocenters. The number of hydrogen-bond acceptors (Lipinski definition) is 3. The average molecular weight is 210 g/mol. The minimum Gasteiger partial charge on any atom is -0.346 e. The predicted octanol–water partition coefficient (Wildman–Crippen LogP) is 2.26. The first kappa shape index (κ1) is 9.47. The van der Waals surface area contributed by atoms with Crippen molar-refractivity contribution in [3.05, 3.63) is 34.3 Å². The maximum Gasteiger partial charge on any atom is 0.185 e. The largest absolute Gasteiger partial charge is 0.346 e. The number of rotatable bonds is 1. The molecule has 1 aliphatic heterocycles. The molecule has 0 unspecified atom stereocenters. The fraction of sp³-hybridized carbons (Fsp3) is 0.300. The summed E-state index contributed by atoms with van der Waals surface area (Å²) in [5.41, 5.74) is 1.28. The molecule has 0 spiro atoms. The van der Waals surface area contributed by atoms with E-state index in [2.05, 4.69) is 0 Å². The summed E-state index contributed by atoms with van der Waals surface area (Å²) in [7, 11) is 0. The van der Waals surface area contributed by atoms with Gasteiger partial charge in [0.1, 0.15) is 0 Å². The van der Waals surface area contributed by atoms with Gasteiger partial charge in [0.15, 0.2) is 6.29 Å². The summed E-state index contributed by atoms with van der Waals surface area (Å²) in [6.07, 6.45) is -0.421. The van der Waals surface area contributed by atoms with Crippen molar-refractivity contribution in [2.45, 2.75) is 6.29 Å². The van der Waals surface area contributed by atoms with Crippen LogP contribution in [0.1, 0.15) is 17.4 Å². The highest BCUT2D eigenvalue weighted by molar-refractivity contribution is 6.31. The van der Waals surface area contributed by atoms with Gasteiger partial charge in [-0.3, -0.25) is 0 Å². The van der Waals surface area contributed by atoms with Crippen molar-refractivity contribution in [1.82, 2.24) is 0 Å². The summed E-state index contributed by atoms with van der Waals surface area (Å²) in [6, 6.07) is 7.09. The van der Waals surface area contributed by atoms with Crippen LogP contribution in [0.2, 0.25) is 5.02 Å². The second-order valence-corrected chi connectivity index (χ2v) is 3.33. The summed E-state index contributed by atoms with van der Waals surface area (Å²) < 4.78 is 10.6. The molecule has 1 saturated heterocycles. The van der Waals surface area contributed by atoms with E-state index in [0.717, 1.165) is 5.56 Å². The van der Waals surface area contributed by atoms with Crippen molar-refractivity contribution in [2.75, 3.05) is 13.2 Å². The van der Waals surface area contributed by atoms with E-state index in [9.17, 15) is 0 Å². The van der Waals surface area contributed by atoms with Crippen LogP contribution in [0.4, 0.5) is 0 Å². The molecule has 1 fully saturated rings. The lowest BCUT2D eigenvalue weighted by molar-refractivity contribution is -0.0440. The van der Waals surface area contributed by atoms with Crippen molar-refractivity contribution in [3.63, 3.8) is 0 Å². The molecule has 1 aromatic rings. The molecule has 0 N–H and O–H groups in total.